The largest absolute Gasteiger partial charge is 0.496 e. The van der Waals surface area contributed by atoms with Crippen molar-refractivity contribution in [1.29, 1.82) is 0 Å². The molecule has 0 spiro atoms. The lowest BCUT2D eigenvalue weighted by molar-refractivity contribution is -0.121. The molecule has 1 aliphatic heterocycles. The van der Waals surface area contributed by atoms with Gasteiger partial charge in [0.1, 0.15) is 10.4 Å². The van der Waals surface area contributed by atoms with Crippen molar-refractivity contribution in [3.8, 4) is 5.75 Å². The third-order valence-electron chi connectivity index (χ3n) is 5.42. The number of carbonyl (C=O) groups is 1. The van der Waals surface area contributed by atoms with E-state index in [1.54, 1.807) is 11.7 Å². The molecule has 0 atom stereocenters. The Morgan fingerprint density at radius 1 is 1.20 bits per heavy atom. The molecule has 0 radical (unpaired) electrons. The highest BCUT2D eigenvalue weighted by Gasteiger charge is 2.20. The van der Waals surface area contributed by atoms with Crippen LogP contribution in [0.15, 0.2) is 40.5 Å². The molecule has 0 bridgehead atoms. The smallest absolute Gasteiger partial charge is 0.272 e. The summed E-state index contributed by atoms with van der Waals surface area (Å²) in [6.07, 6.45) is 3.61. The summed E-state index contributed by atoms with van der Waals surface area (Å²) >= 11 is 1.40. The van der Waals surface area contributed by atoms with Crippen LogP contribution in [0.1, 0.15) is 31.2 Å². The van der Waals surface area contributed by atoms with Crippen LogP contribution in [0.4, 0.5) is 5.95 Å². The Morgan fingerprint density at radius 2 is 2.00 bits per heavy atom. The summed E-state index contributed by atoms with van der Waals surface area (Å²) in [5, 5.41) is 4.82. The number of anilines is 1. The van der Waals surface area contributed by atoms with Gasteiger partial charge in [-0.05, 0) is 36.8 Å². The van der Waals surface area contributed by atoms with Crippen LogP contribution in [0.5, 0.6) is 5.75 Å². The first kappa shape index (κ1) is 20.4. The maximum atomic E-state index is 13.1. The number of fused-ring (bicyclic) bond motifs is 1. The maximum Gasteiger partial charge on any atom is 0.272 e. The number of ether oxygens (including phenoxy) is 1. The van der Waals surface area contributed by atoms with Crippen LogP contribution in [-0.4, -0.2) is 35.7 Å². The van der Waals surface area contributed by atoms with Crippen molar-refractivity contribution in [1.82, 2.24) is 14.9 Å². The SMILES string of the molecule is COc1ccccc1CNC(=O)CCn1c(N2CCCCC2)nc2ccsc2c1=O. The molecule has 3 heterocycles. The number of thiophene rings is 1. The Morgan fingerprint density at radius 3 is 2.80 bits per heavy atom. The number of nitrogens with one attached hydrogen (secondary N) is 1. The van der Waals surface area contributed by atoms with E-state index in [-0.39, 0.29) is 17.9 Å². The second kappa shape index (κ2) is 9.30. The number of rotatable bonds is 7. The fourth-order valence-corrected chi connectivity index (χ4v) is 4.59. The minimum Gasteiger partial charge on any atom is -0.496 e. The first-order valence-electron chi connectivity index (χ1n) is 10.3. The zero-order valence-electron chi connectivity index (χ0n) is 17.1. The molecule has 30 heavy (non-hydrogen) atoms. The fraction of sp³-hybridized carbons (Fsp3) is 0.409. The highest BCUT2D eigenvalue weighted by Crippen LogP contribution is 2.22. The Hall–Kier alpha value is -2.87. The molecule has 1 aliphatic rings. The minimum absolute atomic E-state index is 0.0619. The topological polar surface area (TPSA) is 76.5 Å². The van der Waals surface area contributed by atoms with E-state index in [4.69, 9.17) is 9.72 Å². The molecule has 1 fully saturated rings. The van der Waals surface area contributed by atoms with Crippen molar-refractivity contribution in [2.24, 2.45) is 0 Å². The number of hydrogen-bond donors (Lipinski definition) is 1. The number of nitrogens with zero attached hydrogens (tertiary/aromatic N) is 3. The molecule has 0 saturated carbocycles. The van der Waals surface area contributed by atoms with Gasteiger partial charge in [-0.25, -0.2) is 4.98 Å². The minimum atomic E-state index is -0.108. The number of amides is 1. The Bertz CT molecular complexity index is 1090. The van der Waals surface area contributed by atoms with Crippen LogP contribution in [0.3, 0.4) is 0 Å². The first-order valence-corrected chi connectivity index (χ1v) is 11.2. The van der Waals surface area contributed by atoms with Crippen LogP contribution in [0, 0.1) is 0 Å². The molecule has 0 aliphatic carbocycles. The predicted octanol–water partition coefficient (Wildman–Crippen LogP) is 3.16. The maximum absolute atomic E-state index is 13.1. The molecule has 0 unspecified atom stereocenters. The number of piperidine rings is 1. The lowest BCUT2D eigenvalue weighted by Crippen LogP contribution is -2.37. The van der Waals surface area contributed by atoms with Crippen LogP contribution in [0.25, 0.3) is 10.2 Å². The van der Waals surface area contributed by atoms with Gasteiger partial charge in [-0.1, -0.05) is 18.2 Å². The summed E-state index contributed by atoms with van der Waals surface area (Å²) in [6, 6.07) is 9.49. The average molecular weight is 427 g/mol. The first-order chi connectivity index (χ1) is 14.7. The second-order valence-electron chi connectivity index (χ2n) is 7.39. The second-order valence-corrected chi connectivity index (χ2v) is 8.31. The van der Waals surface area contributed by atoms with E-state index in [2.05, 4.69) is 10.2 Å². The third kappa shape index (κ3) is 4.33. The number of methoxy groups -OCH3 is 1. The molecule has 4 rings (SSSR count). The number of carbonyl (C=O) groups excluding carboxylic acids is 1. The highest BCUT2D eigenvalue weighted by molar-refractivity contribution is 7.17. The summed E-state index contributed by atoms with van der Waals surface area (Å²) in [5.41, 5.74) is 1.59. The highest BCUT2D eigenvalue weighted by atomic mass is 32.1. The van der Waals surface area contributed by atoms with Crippen molar-refractivity contribution in [3.63, 3.8) is 0 Å². The quantitative estimate of drug-likeness (QED) is 0.628. The fourth-order valence-electron chi connectivity index (χ4n) is 3.81. The van der Waals surface area contributed by atoms with E-state index in [1.807, 2.05) is 35.7 Å². The summed E-state index contributed by atoms with van der Waals surface area (Å²) in [5.74, 6) is 1.32. The van der Waals surface area contributed by atoms with Crippen molar-refractivity contribution in [3.05, 3.63) is 51.6 Å². The number of benzene rings is 1. The van der Waals surface area contributed by atoms with Gasteiger partial charge in [0.05, 0.1) is 12.6 Å². The molecule has 1 amide bonds. The lowest BCUT2D eigenvalue weighted by Gasteiger charge is -2.29. The molecule has 3 aromatic rings. The average Bonchev–Trinajstić information content (AvgIpc) is 3.27. The van der Waals surface area contributed by atoms with Crippen LogP contribution < -0.4 is 20.5 Å². The predicted molar refractivity (Wildman–Crippen MR) is 119 cm³/mol. The van der Waals surface area contributed by atoms with E-state index >= 15 is 0 Å². The van der Waals surface area contributed by atoms with Crippen LogP contribution >= 0.6 is 11.3 Å². The standard InChI is InChI=1S/C22H26N4O3S/c1-29-18-8-4-3-7-16(18)15-23-19(27)9-13-26-21(28)20-17(10-14-30-20)24-22(26)25-11-5-2-6-12-25/h3-4,7-8,10,14H,2,5-6,9,11-13,15H2,1H3,(H,23,27). The monoisotopic (exact) mass is 426 g/mol. The number of aromatic nitrogens is 2. The Labute approximate surface area is 179 Å². The van der Waals surface area contributed by atoms with E-state index < -0.39 is 0 Å². The Kier molecular flexibility index (Phi) is 6.32. The normalized spacial score (nSPS) is 14.1. The van der Waals surface area contributed by atoms with E-state index in [0.29, 0.717) is 23.7 Å². The molecular formula is C22H26N4O3S. The molecule has 7 nitrogen and oxygen atoms in total. The molecule has 1 saturated heterocycles. The van der Waals surface area contributed by atoms with E-state index in [0.717, 1.165) is 42.8 Å². The summed E-state index contributed by atoms with van der Waals surface area (Å²) in [7, 11) is 1.61. The van der Waals surface area contributed by atoms with Crippen LogP contribution in [0.2, 0.25) is 0 Å². The number of para-hydroxylation sites is 1. The summed E-state index contributed by atoms with van der Waals surface area (Å²) in [4.78, 5) is 32.5. The molecule has 158 valence electrons. The number of hydrogen-bond acceptors (Lipinski definition) is 6. The van der Waals surface area contributed by atoms with E-state index in [9.17, 15) is 9.59 Å². The third-order valence-corrected chi connectivity index (χ3v) is 6.31. The van der Waals surface area contributed by atoms with Crippen LogP contribution in [-0.2, 0) is 17.9 Å². The molecule has 2 aromatic heterocycles. The summed E-state index contributed by atoms with van der Waals surface area (Å²) < 4.78 is 7.65. The van der Waals surface area contributed by atoms with Gasteiger partial charge in [0, 0.05) is 38.2 Å². The molecule has 8 heteroatoms. The molecule has 1 aromatic carbocycles. The van der Waals surface area contributed by atoms with Crippen molar-refractivity contribution >= 4 is 33.4 Å². The van der Waals surface area contributed by atoms with Gasteiger partial charge in [0.2, 0.25) is 11.9 Å². The van der Waals surface area contributed by atoms with Crippen molar-refractivity contribution < 1.29 is 9.53 Å². The van der Waals surface area contributed by atoms with Gasteiger partial charge in [-0.15, -0.1) is 11.3 Å². The van der Waals surface area contributed by atoms with Gasteiger partial charge in [0.15, 0.2) is 0 Å². The lowest BCUT2D eigenvalue weighted by atomic mass is 10.1. The zero-order chi connectivity index (χ0) is 20.9. The van der Waals surface area contributed by atoms with Crippen molar-refractivity contribution in [2.45, 2.75) is 38.8 Å². The van der Waals surface area contributed by atoms with Gasteiger partial charge >= 0.3 is 0 Å². The Balaban J connectivity index is 1.49. The van der Waals surface area contributed by atoms with Gasteiger partial charge in [0.25, 0.3) is 5.56 Å². The molecule has 1 N–H and O–H groups in total. The molecular weight excluding hydrogens is 400 g/mol. The zero-order valence-corrected chi connectivity index (χ0v) is 17.9. The van der Waals surface area contributed by atoms with E-state index in [1.165, 1.54) is 17.8 Å². The summed E-state index contributed by atoms with van der Waals surface area (Å²) in [6.45, 7) is 2.48. The van der Waals surface area contributed by atoms with Crippen molar-refractivity contribution in [2.75, 3.05) is 25.1 Å². The van der Waals surface area contributed by atoms with Gasteiger partial charge in [-0.3, -0.25) is 14.2 Å². The van der Waals surface area contributed by atoms with Gasteiger partial charge in [-0.2, -0.15) is 0 Å². The van der Waals surface area contributed by atoms with Gasteiger partial charge < -0.3 is 15.0 Å².